The van der Waals surface area contributed by atoms with Gasteiger partial charge in [-0.05, 0) is 31.2 Å². The van der Waals surface area contributed by atoms with Gasteiger partial charge in [0.05, 0.1) is 5.70 Å². The van der Waals surface area contributed by atoms with E-state index in [1.807, 2.05) is 11.8 Å². The van der Waals surface area contributed by atoms with Crippen LogP contribution in [0.1, 0.15) is 12.5 Å². The lowest BCUT2D eigenvalue weighted by atomic mass is 10.1. The van der Waals surface area contributed by atoms with Gasteiger partial charge in [0.1, 0.15) is 5.82 Å². The summed E-state index contributed by atoms with van der Waals surface area (Å²) in [6.07, 6.45) is 6.49. The number of hydrogen-bond acceptors (Lipinski definition) is 4. The van der Waals surface area contributed by atoms with Gasteiger partial charge in [-0.1, -0.05) is 25.8 Å². The Bertz CT molecular complexity index is 853. The lowest BCUT2D eigenvalue weighted by Gasteiger charge is -2.37. The molecule has 1 saturated heterocycles. The first kappa shape index (κ1) is 23.0. The summed E-state index contributed by atoms with van der Waals surface area (Å²) in [5.74, 6) is -2.15. The van der Waals surface area contributed by atoms with Gasteiger partial charge in [0, 0.05) is 51.2 Å². The first-order chi connectivity index (χ1) is 14.2. The zero-order valence-electron chi connectivity index (χ0n) is 17.4. The highest BCUT2D eigenvalue weighted by Crippen LogP contribution is 2.29. The minimum absolute atomic E-state index is 0.0989. The number of anilines is 1. The Hall–Kier alpha value is -3.29. The molecule has 1 aliphatic rings. The van der Waals surface area contributed by atoms with Crippen molar-refractivity contribution in [2.45, 2.75) is 12.8 Å². The zero-order valence-corrected chi connectivity index (χ0v) is 17.4. The smallest absolute Gasteiger partial charge is 0.292 e. The Morgan fingerprint density at radius 1 is 1.23 bits per heavy atom. The summed E-state index contributed by atoms with van der Waals surface area (Å²) >= 11 is 0. The van der Waals surface area contributed by atoms with Crippen LogP contribution in [0.25, 0.3) is 0 Å². The van der Waals surface area contributed by atoms with Crippen molar-refractivity contribution in [3.63, 3.8) is 0 Å². The fraction of sp³-hybridized carbons (Fsp3) is 0.318. The van der Waals surface area contributed by atoms with Crippen LogP contribution in [0, 0.1) is 0 Å². The molecule has 0 N–H and O–H groups in total. The Morgan fingerprint density at radius 2 is 1.87 bits per heavy atom. The molecule has 1 amide bonds. The van der Waals surface area contributed by atoms with Crippen molar-refractivity contribution in [3.8, 4) is 0 Å². The van der Waals surface area contributed by atoms with Gasteiger partial charge in [0.25, 0.3) is 5.92 Å². The third-order valence-electron chi connectivity index (χ3n) is 4.81. The monoisotopic (exact) mass is 415 g/mol. The topological polar surface area (TPSA) is 52.0 Å². The van der Waals surface area contributed by atoms with Gasteiger partial charge in [0.15, 0.2) is 5.84 Å². The van der Waals surface area contributed by atoms with Gasteiger partial charge < -0.3 is 14.7 Å². The number of alkyl halides is 2. The van der Waals surface area contributed by atoms with E-state index in [-0.39, 0.29) is 11.5 Å². The highest BCUT2D eigenvalue weighted by molar-refractivity contribution is 6.01. The molecule has 0 radical (unpaired) electrons. The number of allylic oxidation sites excluding steroid dienone is 2. The van der Waals surface area contributed by atoms with Crippen molar-refractivity contribution in [3.05, 3.63) is 73.8 Å². The van der Waals surface area contributed by atoms with Crippen LogP contribution in [0.3, 0.4) is 0 Å². The van der Waals surface area contributed by atoms with Crippen molar-refractivity contribution in [1.82, 2.24) is 14.8 Å². The second-order valence-electron chi connectivity index (χ2n) is 6.69. The van der Waals surface area contributed by atoms with Crippen molar-refractivity contribution in [2.24, 2.45) is 4.99 Å². The number of amides is 1. The lowest BCUT2D eigenvalue weighted by molar-refractivity contribution is -0.127. The molecule has 8 heteroatoms. The Morgan fingerprint density at radius 3 is 2.37 bits per heavy atom. The molecule has 0 atom stereocenters. The standard InChI is InChI=1S/C22H27F2N5O/c1-6-11-25-21(29-14-12-28(13-15-29)20(30)7-2)17(4)27(5)19-10-9-18(16-26-19)22(23,24)8-3/h6-11,16H,2-4,12-15H2,1,5H3/b11-6-,25-21?. The van der Waals surface area contributed by atoms with Crippen LogP contribution in [-0.2, 0) is 10.7 Å². The second-order valence-corrected chi connectivity index (χ2v) is 6.69. The van der Waals surface area contributed by atoms with Crippen LogP contribution < -0.4 is 4.90 Å². The number of carbonyl (C=O) groups is 1. The third-order valence-corrected chi connectivity index (χ3v) is 4.81. The number of aliphatic imine (C=N–C) groups is 1. The predicted molar refractivity (Wildman–Crippen MR) is 116 cm³/mol. The minimum atomic E-state index is -3.14. The Kier molecular flexibility index (Phi) is 7.63. The molecule has 0 unspecified atom stereocenters. The summed E-state index contributed by atoms with van der Waals surface area (Å²) in [6, 6.07) is 2.82. The third kappa shape index (κ3) is 5.20. The van der Waals surface area contributed by atoms with E-state index in [2.05, 4.69) is 29.7 Å². The molecule has 2 heterocycles. The molecular formula is C22H27F2N5O. The van der Waals surface area contributed by atoms with E-state index in [1.54, 1.807) is 29.1 Å². The fourth-order valence-corrected chi connectivity index (χ4v) is 2.94. The molecule has 1 aliphatic heterocycles. The van der Waals surface area contributed by atoms with E-state index < -0.39 is 5.92 Å². The van der Waals surface area contributed by atoms with Gasteiger partial charge in [-0.25, -0.2) is 9.98 Å². The first-order valence-corrected chi connectivity index (χ1v) is 9.51. The maximum absolute atomic E-state index is 13.7. The van der Waals surface area contributed by atoms with Crippen LogP contribution >= 0.6 is 0 Å². The predicted octanol–water partition coefficient (Wildman–Crippen LogP) is 3.57. The van der Waals surface area contributed by atoms with Crippen molar-refractivity contribution in [1.29, 1.82) is 0 Å². The average Bonchev–Trinajstić information content (AvgIpc) is 2.78. The lowest BCUT2D eigenvalue weighted by Crippen LogP contribution is -2.51. The van der Waals surface area contributed by atoms with Gasteiger partial charge in [0.2, 0.25) is 5.91 Å². The van der Waals surface area contributed by atoms with E-state index in [0.29, 0.717) is 49.6 Å². The first-order valence-electron chi connectivity index (χ1n) is 9.51. The molecule has 1 aromatic rings. The normalized spacial score (nSPS) is 15.3. The summed E-state index contributed by atoms with van der Waals surface area (Å²) in [6.45, 7) is 14.9. The van der Waals surface area contributed by atoms with Crippen LogP contribution in [0.5, 0.6) is 0 Å². The van der Waals surface area contributed by atoms with Crippen LogP contribution in [-0.4, -0.2) is 59.8 Å². The van der Waals surface area contributed by atoms with E-state index in [0.717, 1.165) is 6.20 Å². The summed E-state index contributed by atoms with van der Waals surface area (Å²) in [5.41, 5.74) is 0.332. The number of likely N-dealkylation sites (N-methyl/N-ethyl adjacent to an activating group) is 1. The number of pyridine rings is 1. The molecule has 0 bridgehead atoms. The average molecular weight is 415 g/mol. The van der Waals surface area contributed by atoms with Crippen LogP contribution in [0.4, 0.5) is 14.6 Å². The maximum Gasteiger partial charge on any atom is 0.292 e. The second kappa shape index (κ2) is 9.96. The summed E-state index contributed by atoms with van der Waals surface area (Å²) in [4.78, 5) is 25.9. The molecule has 0 saturated carbocycles. The highest BCUT2D eigenvalue weighted by atomic mass is 19.3. The fourth-order valence-electron chi connectivity index (χ4n) is 2.94. The van der Waals surface area contributed by atoms with E-state index in [9.17, 15) is 13.6 Å². The van der Waals surface area contributed by atoms with E-state index >= 15 is 0 Å². The van der Waals surface area contributed by atoms with Crippen molar-refractivity contribution >= 4 is 17.6 Å². The molecular weight excluding hydrogens is 388 g/mol. The van der Waals surface area contributed by atoms with Gasteiger partial charge in [-0.3, -0.25) is 4.79 Å². The quantitative estimate of drug-likeness (QED) is 0.296. The number of carbonyl (C=O) groups excluding carboxylic acids is 1. The van der Waals surface area contributed by atoms with Gasteiger partial charge in [-0.2, -0.15) is 8.78 Å². The Labute approximate surface area is 176 Å². The van der Waals surface area contributed by atoms with Crippen LogP contribution in [0.2, 0.25) is 0 Å². The van der Waals surface area contributed by atoms with Crippen molar-refractivity contribution < 1.29 is 13.6 Å². The van der Waals surface area contributed by atoms with Crippen molar-refractivity contribution in [2.75, 3.05) is 38.1 Å². The molecule has 6 nitrogen and oxygen atoms in total. The van der Waals surface area contributed by atoms with Crippen LogP contribution in [0.15, 0.2) is 73.2 Å². The minimum Gasteiger partial charge on any atom is -0.351 e. The zero-order chi connectivity index (χ0) is 22.3. The molecule has 1 aromatic heterocycles. The van der Waals surface area contributed by atoms with E-state index in [4.69, 9.17) is 0 Å². The largest absolute Gasteiger partial charge is 0.351 e. The number of rotatable bonds is 7. The number of hydrogen-bond donors (Lipinski definition) is 0. The molecule has 1 fully saturated rings. The molecule has 160 valence electrons. The van der Waals surface area contributed by atoms with Gasteiger partial charge in [-0.15, -0.1) is 0 Å². The number of aromatic nitrogens is 1. The number of amidine groups is 1. The SMILES string of the molecule is C=CC(=O)N1CCN(C(=N/C=C\C)C(=C)N(C)c2ccc(C(F)(F)C=C)cn2)CC1. The number of halogens is 2. The number of piperazine rings is 1. The number of nitrogens with zero attached hydrogens (tertiary/aromatic N) is 5. The van der Waals surface area contributed by atoms with Gasteiger partial charge >= 0.3 is 0 Å². The Balaban J connectivity index is 2.20. The summed E-state index contributed by atoms with van der Waals surface area (Å²) in [5, 5.41) is 0. The summed E-state index contributed by atoms with van der Waals surface area (Å²) < 4.78 is 27.5. The highest BCUT2D eigenvalue weighted by Gasteiger charge is 2.28. The molecule has 30 heavy (non-hydrogen) atoms. The summed E-state index contributed by atoms with van der Waals surface area (Å²) in [7, 11) is 1.75. The molecule has 0 spiro atoms. The molecule has 2 rings (SSSR count). The maximum atomic E-state index is 13.7. The molecule has 0 aliphatic carbocycles. The molecule has 0 aromatic carbocycles. The van der Waals surface area contributed by atoms with E-state index in [1.165, 1.54) is 18.2 Å².